The summed E-state index contributed by atoms with van der Waals surface area (Å²) < 4.78 is 21.5. The molecule has 3 rings (SSSR count). The molecule has 0 N–H and O–H groups in total. The number of rotatable bonds is 5. The molecule has 4 atom stereocenters. The monoisotopic (exact) mass is 446 g/mol. The summed E-state index contributed by atoms with van der Waals surface area (Å²) in [6.07, 6.45) is 8.66. The molecule has 8 nitrogen and oxygen atoms in total. The van der Waals surface area contributed by atoms with Gasteiger partial charge >= 0.3 is 23.9 Å². The molecule has 1 heterocycles. The standard InChI is InChI=1S/C24H30O8/c1-15(19(26)29-4)7-6-11-22(3)18-10-13-23(21(28)32-22)12-8-17(20(27)30-5)9-14-24(18,23)31-16(2)25/h6-8,11,18H,9-10,12-14H2,1-5H3/b11-6?,15-7+/t18-,22+,23+,24-/m0/s1. The minimum atomic E-state index is -1.11. The van der Waals surface area contributed by atoms with Crippen LogP contribution in [-0.2, 0) is 38.1 Å². The first kappa shape index (κ1) is 23.8. The molecule has 0 unspecified atom stereocenters. The Bertz CT molecular complexity index is 928. The number of hydrogen-bond acceptors (Lipinski definition) is 8. The highest BCUT2D eigenvalue weighted by molar-refractivity contribution is 5.90. The van der Waals surface area contributed by atoms with E-state index in [4.69, 9.17) is 18.9 Å². The lowest BCUT2D eigenvalue weighted by molar-refractivity contribution is -0.235. The molecule has 32 heavy (non-hydrogen) atoms. The van der Waals surface area contributed by atoms with Crippen LogP contribution >= 0.6 is 0 Å². The maximum Gasteiger partial charge on any atom is 0.333 e. The Labute approximate surface area is 187 Å². The summed E-state index contributed by atoms with van der Waals surface area (Å²) in [6.45, 7) is 4.74. The summed E-state index contributed by atoms with van der Waals surface area (Å²) in [7, 11) is 2.62. The Morgan fingerprint density at radius 1 is 1.16 bits per heavy atom. The van der Waals surface area contributed by atoms with Gasteiger partial charge in [0.15, 0.2) is 0 Å². The van der Waals surface area contributed by atoms with Gasteiger partial charge in [-0.2, -0.15) is 0 Å². The number of carbonyl (C=O) groups excluding carboxylic acids is 4. The van der Waals surface area contributed by atoms with Crippen LogP contribution in [0.15, 0.2) is 35.5 Å². The molecule has 0 aromatic heterocycles. The van der Waals surface area contributed by atoms with E-state index < -0.39 is 40.5 Å². The Kier molecular flexibility index (Phi) is 6.36. The highest BCUT2D eigenvalue weighted by Gasteiger charge is 2.74. The first-order valence-electron chi connectivity index (χ1n) is 10.7. The molecule has 0 spiro atoms. The lowest BCUT2D eigenvalue weighted by Gasteiger charge is -2.54. The van der Waals surface area contributed by atoms with Crippen LogP contribution in [0.25, 0.3) is 0 Å². The summed E-state index contributed by atoms with van der Waals surface area (Å²) in [5.41, 5.74) is -2.36. The van der Waals surface area contributed by atoms with E-state index in [0.717, 1.165) is 0 Å². The normalized spacial score (nSPS) is 34.2. The van der Waals surface area contributed by atoms with Gasteiger partial charge in [-0.25, -0.2) is 9.59 Å². The van der Waals surface area contributed by atoms with Crippen molar-refractivity contribution >= 4 is 23.9 Å². The molecule has 0 aromatic rings. The van der Waals surface area contributed by atoms with E-state index >= 15 is 0 Å². The van der Waals surface area contributed by atoms with Crippen LogP contribution in [0.2, 0.25) is 0 Å². The molecule has 0 radical (unpaired) electrons. The maximum atomic E-state index is 13.5. The van der Waals surface area contributed by atoms with E-state index in [2.05, 4.69) is 0 Å². The smallest absolute Gasteiger partial charge is 0.333 e. The highest BCUT2D eigenvalue weighted by atomic mass is 16.6. The summed E-state index contributed by atoms with van der Waals surface area (Å²) in [6, 6.07) is 0. The van der Waals surface area contributed by atoms with Gasteiger partial charge in [0, 0.05) is 24.0 Å². The van der Waals surface area contributed by atoms with E-state index in [1.165, 1.54) is 21.1 Å². The zero-order valence-electron chi connectivity index (χ0n) is 19.2. The Morgan fingerprint density at radius 2 is 1.88 bits per heavy atom. The van der Waals surface area contributed by atoms with E-state index in [0.29, 0.717) is 36.8 Å². The second-order valence-electron chi connectivity index (χ2n) is 8.86. The fourth-order valence-corrected chi connectivity index (χ4v) is 5.61. The van der Waals surface area contributed by atoms with E-state index in [9.17, 15) is 19.2 Å². The lowest BCUT2D eigenvalue weighted by atomic mass is 9.62. The van der Waals surface area contributed by atoms with Crippen molar-refractivity contribution in [3.8, 4) is 0 Å². The maximum absolute atomic E-state index is 13.5. The van der Waals surface area contributed by atoms with Crippen molar-refractivity contribution in [3.05, 3.63) is 35.5 Å². The van der Waals surface area contributed by atoms with Crippen LogP contribution in [-0.4, -0.2) is 49.3 Å². The third kappa shape index (κ3) is 3.65. The van der Waals surface area contributed by atoms with Crippen LogP contribution in [0.1, 0.15) is 52.9 Å². The lowest BCUT2D eigenvalue weighted by Crippen LogP contribution is -2.65. The minimum absolute atomic E-state index is 0.237. The van der Waals surface area contributed by atoms with Crippen molar-refractivity contribution in [3.63, 3.8) is 0 Å². The number of methoxy groups -OCH3 is 2. The molecule has 1 aliphatic heterocycles. The minimum Gasteiger partial charge on any atom is -0.466 e. The first-order valence-corrected chi connectivity index (χ1v) is 10.7. The zero-order chi connectivity index (χ0) is 23.7. The second kappa shape index (κ2) is 8.56. The molecule has 174 valence electrons. The molecule has 2 bridgehead atoms. The first-order chi connectivity index (χ1) is 15.0. The van der Waals surface area contributed by atoms with E-state index in [-0.39, 0.29) is 12.3 Å². The second-order valence-corrected chi connectivity index (χ2v) is 8.86. The summed E-state index contributed by atoms with van der Waals surface area (Å²) in [5.74, 6) is -2.15. The van der Waals surface area contributed by atoms with Gasteiger partial charge in [0.05, 0.1) is 14.2 Å². The Hall–Kier alpha value is -2.90. The van der Waals surface area contributed by atoms with Crippen molar-refractivity contribution in [1.29, 1.82) is 0 Å². The van der Waals surface area contributed by atoms with Gasteiger partial charge in [0.2, 0.25) is 0 Å². The molecule has 0 amide bonds. The largest absolute Gasteiger partial charge is 0.466 e. The van der Waals surface area contributed by atoms with Crippen molar-refractivity contribution in [2.75, 3.05) is 14.2 Å². The number of hydrogen-bond donors (Lipinski definition) is 0. The van der Waals surface area contributed by atoms with Crippen LogP contribution in [0, 0.1) is 11.3 Å². The highest BCUT2D eigenvalue weighted by Crippen LogP contribution is 2.65. The predicted octanol–water partition coefficient (Wildman–Crippen LogP) is 2.96. The third-order valence-corrected chi connectivity index (χ3v) is 7.14. The summed E-state index contributed by atoms with van der Waals surface area (Å²) in [4.78, 5) is 49.5. The average Bonchev–Trinajstić information content (AvgIpc) is 2.89. The molecule has 2 fully saturated rings. The number of carbonyl (C=O) groups is 4. The van der Waals surface area contributed by atoms with Crippen molar-refractivity contribution < 1.29 is 38.1 Å². The third-order valence-electron chi connectivity index (χ3n) is 7.14. The zero-order valence-corrected chi connectivity index (χ0v) is 19.2. The molecular weight excluding hydrogens is 416 g/mol. The predicted molar refractivity (Wildman–Crippen MR) is 113 cm³/mol. The molecule has 1 saturated carbocycles. The van der Waals surface area contributed by atoms with Gasteiger partial charge in [-0.1, -0.05) is 18.2 Å². The van der Waals surface area contributed by atoms with Crippen molar-refractivity contribution in [2.24, 2.45) is 11.3 Å². The van der Waals surface area contributed by atoms with Gasteiger partial charge in [0.1, 0.15) is 16.6 Å². The van der Waals surface area contributed by atoms with Crippen LogP contribution < -0.4 is 0 Å². The average molecular weight is 446 g/mol. The molecule has 1 saturated heterocycles. The topological polar surface area (TPSA) is 105 Å². The SMILES string of the molecule is COC(=O)C1=CC[C@@]23CC[C@@H]([C@@](C)(C=C/C=C(\C)C(=O)OC)OC2=O)[C@@]3(OC(C)=O)CC1. The Morgan fingerprint density at radius 3 is 2.50 bits per heavy atom. The van der Waals surface area contributed by atoms with Crippen molar-refractivity contribution in [1.82, 2.24) is 0 Å². The summed E-state index contributed by atoms with van der Waals surface area (Å²) >= 11 is 0. The number of allylic oxidation sites excluding steroid dienone is 3. The van der Waals surface area contributed by atoms with Crippen LogP contribution in [0.3, 0.4) is 0 Å². The Balaban J connectivity index is 2.04. The van der Waals surface area contributed by atoms with Crippen LogP contribution in [0.4, 0.5) is 0 Å². The van der Waals surface area contributed by atoms with Gasteiger partial charge in [-0.3, -0.25) is 9.59 Å². The van der Waals surface area contributed by atoms with Crippen LogP contribution in [0.5, 0.6) is 0 Å². The van der Waals surface area contributed by atoms with Crippen molar-refractivity contribution in [2.45, 2.75) is 64.1 Å². The number of cyclic esters (lactones) is 1. The molecule has 2 aliphatic carbocycles. The molecule has 3 aliphatic rings. The van der Waals surface area contributed by atoms with E-state index in [1.54, 1.807) is 38.2 Å². The number of esters is 4. The fraction of sp³-hybridized carbons (Fsp3) is 0.583. The fourth-order valence-electron chi connectivity index (χ4n) is 5.61. The van der Waals surface area contributed by atoms with E-state index in [1.807, 2.05) is 0 Å². The van der Waals surface area contributed by atoms with Gasteiger partial charge in [-0.05, 0) is 52.0 Å². The summed E-state index contributed by atoms with van der Waals surface area (Å²) in [5, 5.41) is 0. The quantitative estimate of drug-likeness (QED) is 0.275. The van der Waals surface area contributed by atoms with Gasteiger partial charge < -0.3 is 18.9 Å². The molecule has 0 aromatic carbocycles. The van der Waals surface area contributed by atoms with Gasteiger partial charge in [-0.15, -0.1) is 0 Å². The van der Waals surface area contributed by atoms with Gasteiger partial charge in [0.25, 0.3) is 0 Å². The molecule has 8 heteroatoms. The number of ether oxygens (including phenoxy) is 4. The molecular formula is C24H30O8.